The van der Waals surface area contributed by atoms with Crippen LogP contribution >= 0.6 is 11.9 Å². The number of nitrogens with one attached hydrogen (secondary N) is 2. The zero-order valence-corrected chi connectivity index (χ0v) is 13.1. The summed E-state index contributed by atoms with van der Waals surface area (Å²) in [5.41, 5.74) is 0. The van der Waals surface area contributed by atoms with Crippen LogP contribution in [-0.2, 0) is 4.74 Å². The van der Waals surface area contributed by atoms with Crippen molar-refractivity contribution in [3.05, 3.63) is 12.7 Å². The lowest BCUT2D eigenvalue weighted by Gasteiger charge is -2.25. The van der Waals surface area contributed by atoms with Crippen LogP contribution in [0, 0.1) is 5.41 Å². The highest BCUT2D eigenvalue weighted by molar-refractivity contribution is 7.98. The first-order valence-electron chi connectivity index (χ1n) is 6.14. The summed E-state index contributed by atoms with van der Waals surface area (Å²) < 4.78 is 7.69. The molecule has 1 atom stereocenters. The molecule has 20 heavy (non-hydrogen) atoms. The van der Waals surface area contributed by atoms with Crippen molar-refractivity contribution in [1.29, 1.82) is 5.41 Å². The maximum atomic E-state index is 12.0. The molecule has 0 saturated carbocycles. The van der Waals surface area contributed by atoms with Gasteiger partial charge in [0.2, 0.25) is 0 Å². The largest absolute Gasteiger partial charge is 0.462 e. The summed E-state index contributed by atoms with van der Waals surface area (Å²) in [6.45, 7) is 7.17. The fraction of sp³-hybridized carbons (Fsp3) is 0.583. The van der Waals surface area contributed by atoms with Crippen LogP contribution in [0.4, 0.5) is 9.59 Å². The third kappa shape index (κ3) is 5.96. The van der Waals surface area contributed by atoms with Crippen molar-refractivity contribution in [3.8, 4) is 0 Å². The molecule has 1 unspecified atom stereocenters. The zero-order chi connectivity index (χ0) is 15.7. The van der Waals surface area contributed by atoms with E-state index in [1.165, 1.54) is 19.0 Å². The van der Waals surface area contributed by atoms with Crippen LogP contribution in [0.15, 0.2) is 12.7 Å². The van der Waals surface area contributed by atoms with E-state index in [0.717, 1.165) is 11.9 Å². The minimum Gasteiger partial charge on any atom is -0.462 e. The van der Waals surface area contributed by atoms with Gasteiger partial charge in [-0.05, 0) is 25.3 Å². The molecule has 114 valence electrons. The fourth-order valence-corrected chi connectivity index (χ4v) is 1.42. The highest BCUT2D eigenvalue weighted by atomic mass is 32.2. The Morgan fingerprint density at radius 2 is 2.10 bits per heavy atom. The number of carbonyl (C=O) groups is 2. The SMILES string of the molecule is C=CCSNC(=O)N(C(=N)OC(C)CC)C(=O)N(C)C. The highest BCUT2D eigenvalue weighted by Gasteiger charge is 2.29. The van der Waals surface area contributed by atoms with Gasteiger partial charge >= 0.3 is 18.1 Å². The number of carbonyl (C=O) groups excluding carboxylic acids is 2. The van der Waals surface area contributed by atoms with Crippen molar-refractivity contribution in [2.24, 2.45) is 0 Å². The molecule has 0 rings (SSSR count). The lowest BCUT2D eigenvalue weighted by atomic mass is 10.3. The molecular weight excluding hydrogens is 280 g/mol. The second kappa shape index (κ2) is 9.24. The molecule has 0 fully saturated rings. The van der Waals surface area contributed by atoms with Gasteiger partial charge in [-0.25, -0.2) is 9.59 Å². The van der Waals surface area contributed by atoms with E-state index in [1.54, 1.807) is 13.0 Å². The standard InChI is InChI=1S/C12H22N4O3S/c1-6-8-20-14-11(17)16(12(18)15(4)5)10(13)19-9(3)7-2/h6,9,13H,1,7-8H2,2-5H3,(H,14,17). The summed E-state index contributed by atoms with van der Waals surface area (Å²) in [5.74, 6) is 0.495. The topological polar surface area (TPSA) is 85.7 Å². The molecule has 0 radical (unpaired) electrons. The van der Waals surface area contributed by atoms with Gasteiger partial charge in [0, 0.05) is 19.8 Å². The number of nitrogens with zero attached hydrogens (tertiary/aromatic N) is 2. The summed E-state index contributed by atoms with van der Waals surface area (Å²) in [6, 6.07) is -1.85. The number of urea groups is 2. The smallest absolute Gasteiger partial charge is 0.343 e. The lowest BCUT2D eigenvalue weighted by molar-refractivity contribution is 0.149. The van der Waals surface area contributed by atoms with Gasteiger partial charge in [0.25, 0.3) is 0 Å². The van der Waals surface area contributed by atoms with Crippen molar-refractivity contribution >= 4 is 30.0 Å². The summed E-state index contributed by atoms with van der Waals surface area (Å²) in [5, 5.41) is 7.78. The van der Waals surface area contributed by atoms with E-state index in [9.17, 15) is 9.59 Å². The van der Waals surface area contributed by atoms with E-state index in [0.29, 0.717) is 17.1 Å². The Balaban J connectivity index is 4.88. The van der Waals surface area contributed by atoms with Crippen LogP contribution in [0.5, 0.6) is 0 Å². The first-order valence-corrected chi connectivity index (χ1v) is 7.12. The van der Waals surface area contributed by atoms with Crippen molar-refractivity contribution < 1.29 is 14.3 Å². The molecule has 4 amide bonds. The molecule has 0 aromatic carbocycles. The Morgan fingerprint density at radius 1 is 1.50 bits per heavy atom. The van der Waals surface area contributed by atoms with Crippen LogP contribution in [0.3, 0.4) is 0 Å². The molecule has 0 bridgehead atoms. The molecule has 2 N–H and O–H groups in total. The average molecular weight is 302 g/mol. The molecule has 0 aromatic heterocycles. The van der Waals surface area contributed by atoms with E-state index in [4.69, 9.17) is 10.1 Å². The van der Waals surface area contributed by atoms with Crippen molar-refractivity contribution in [3.63, 3.8) is 0 Å². The summed E-state index contributed by atoms with van der Waals surface area (Å²) in [6.07, 6.45) is 2.03. The number of ether oxygens (including phenoxy) is 1. The zero-order valence-electron chi connectivity index (χ0n) is 12.3. The molecule has 0 aliphatic rings. The van der Waals surface area contributed by atoms with Crippen molar-refractivity contribution in [1.82, 2.24) is 14.5 Å². The monoisotopic (exact) mass is 302 g/mol. The molecule has 8 heteroatoms. The number of hydrogen-bond donors (Lipinski definition) is 2. The third-order valence-corrected chi connectivity index (χ3v) is 2.95. The Bertz CT molecular complexity index is 374. The highest BCUT2D eigenvalue weighted by Crippen LogP contribution is 2.06. The number of hydrogen-bond acceptors (Lipinski definition) is 5. The molecule has 0 aliphatic carbocycles. The third-order valence-electron chi connectivity index (χ3n) is 2.23. The summed E-state index contributed by atoms with van der Waals surface area (Å²) in [7, 11) is 2.99. The predicted molar refractivity (Wildman–Crippen MR) is 80.7 cm³/mol. The van der Waals surface area contributed by atoms with Gasteiger partial charge in [0.05, 0.1) is 6.10 Å². The predicted octanol–water partition coefficient (Wildman–Crippen LogP) is 2.26. The molecule has 0 aliphatic heterocycles. The van der Waals surface area contributed by atoms with Crippen molar-refractivity contribution in [2.75, 3.05) is 19.8 Å². The molecule has 0 heterocycles. The van der Waals surface area contributed by atoms with Gasteiger partial charge in [0.1, 0.15) is 0 Å². The summed E-state index contributed by atoms with van der Waals surface area (Å²) >= 11 is 1.08. The van der Waals surface area contributed by atoms with Gasteiger partial charge in [-0.3, -0.25) is 10.1 Å². The maximum Gasteiger partial charge on any atom is 0.343 e. The van der Waals surface area contributed by atoms with Gasteiger partial charge in [0.15, 0.2) is 0 Å². The van der Waals surface area contributed by atoms with Gasteiger partial charge in [-0.2, -0.15) is 4.90 Å². The molecule has 0 aromatic rings. The normalized spacial score (nSPS) is 11.2. The number of amides is 4. The minimum atomic E-state index is -0.719. The van der Waals surface area contributed by atoms with E-state index < -0.39 is 18.1 Å². The Labute approximate surface area is 124 Å². The lowest BCUT2D eigenvalue weighted by Crippen LogP contribution is -2.50. The average Bonchev–Trinajstić information content (AvgIpc) is 2.38. The fourth-order valence-electron chi connectivity index (χ4n) is 1.00. The van der Waals surface area contributed by atoms with Gasteiger partial charge in [-0.1, -0.05) is 13.0 Å². The number of rotatable bonds is 5. The Morgan fingerprint density at radius 3 is 2.55 bits per heavy atom. The minimum absolute atomic E-state index is 0.256. The van der Waals surface area contributed by atoms with Crippen LogP contribution in [0.1, 0.15) is 20.3 Å². The van der Waals surface area contributed by atoms with Crippen LogP contribution in [0.25, 0.3) is 0 Å². The first-order chi connectivity index (χ1) is 9.34. The molecule has 7 nitrogen and oxygen atoms in total. The van der Waals surface area contributed by atoms with E-state index in [-0.39, 0.29) is 6.10 Å². The van der Waals surface area contributed by atoms with E-state index in [2.05, 4.69) is 11.3 Å². The van der Waals surface area contributed by atoms with Crippen molar-refractivity contribution in [2.45, 2.75) is 26.4 Å². The van der Waals surface area contributed by atoms with E-state index >= 15 is 0 Å². The number of imide groups is 1. The second-order valence-electron chi connectivity index (χ2n) is 4.16. The number of amidine groups is 1. The molecule has 0 spiro atoms. The quantitative estimate of drug-likeness (QED) is 0.268. The molecular formula is C12H22N4O3S. The second-order valence-corrected chi connectivity index (χ2v) is 4.99. The maximum absolute atomic E-state index is 12.0. The Hall–Kier alpha value is -1.70. The Kier molecular flexibility index (Phi) is 8.46. The van der Waals surface area contributed by atoms with Crippen LogP contribution < -0.4 is 4.72 Å². The van der Waals surface area contributed by atoms with E-state index in [1.807, 2.05) is 6.92 Å². The van der Waals surface area contributed by atoms with Gasteiger partial charge < -0.3 is 9.64 Å². The summed E-state index contributed by atoms with van der Waals surface area (Å²) in [4.78, 5) is 25.8. The molecule has 0 saturated heterocycles. The van der Waals surface area contributed by atoms with Crippen LogP contribution in [0.2, 0.25) is 0 Å². The van der Waals surface area contributed by atoms with Gasteiger partial charge in [-0.15, -0.1) is 6.58 Å². The van der Waals surface area contributed by atoms with Crippen LogP contribution in [-0.4, -0.2) is 53.8 Å². The first kappa shape index (κ1) is 18.3.